The lowest BCUT2D eigenvalue weighted by Gasteiger charge is -2.31. The minimum absolute atomic E-state index is 0.118. The molecule has 0 radical (unpaired) electrons. The number of benzene rings is 2. The third-order valence-electron chi connectivity index (χ3n) is 6.85. The molecule has 17 heteroatoms. The lowest BCUT2D eigenvalue weighted by molar-refractivity contribution is -0.192. The van der Waals surface area contributed by atoms with Gasteiger partial charge in [0, 0.05) is 36.3 Å². The van der Waals surface area contributed by atoms with Gasteiger partial charge < -0.3 is 30.1 Å². The van der Waals surface area contributed by atoms with E-state index in [2.05, 4.69) is 25.5 Å². The summed E-state index contributed by atoms with van der Waals surface area (Å²) >= 11 is 7.56. The highest BCUT2D eigenvalue weighted by molar-refractivity contribution is 8.18. The van der Waals surface area contributed by atoms with Crippen molar-refractivity contribution in [2.45, 2.75) is 26.9 Å². The first-order valence-corrected chi connectivity index (χ1v) is 16.0. The van der Waals surface area contributed by atoms with Crippen LogP contribution in [0.3, 0.4) is 0 Å². The van der Waals surface area contributed by atoms with Crippen LogP contribution in [0.15, 0.2) is 52.5 Å². The van der Waals surface area contributed by atoms with Crippen LogP contribution in [0.25, 0.3) is 17.0 Å². The van der Waals surface area contributed by atoms with Crippen LogP contribution in [0.2, 0.25) is 5.02 Å². The molecular formula is C32H31ClF3N5O7S. The number of rotatable bonds is 7. The van der Waals surface area contributed by atoms with E-state index in [-0.39, 0.29) is 18.4 Å². The minimum Gasteiger partial charge on any atom is -0.475 e. The van der Waals surface area contributed by atoms with E-state index in [4.69, 9.17) is 31.0 Å². The van der Waals surface area contributed by atoms with Crippen LogP contribution < -0.4 is 15.5 Å². The normalized spacial score (nSPS) is 15.5. The number of aliphatic carboxylic acids is 1. The molecule has 2 amide bonds. The molecule has 1 aromatic heterocycles. The fourth-order valence-electron chi connectivity index (χ4n) is 4.49. The van der Waals surface area contributed by atoms with Gasteiger partial charge in [0.2, 0.25) is 5.91 Å². The molecule has 0 aliphatic carbocycles. The van der Waals surface area contributed by atoms with Gasteiger partial charge >= 0.3 is 18.1 Å². The van der Waals surface area contributed by atoms with Crippen LogP contribution in [0.5, 0.6) is 0 Å². The number of fused-ring (bicyclic) bond motifs is 1. The number of alkyl halides is 3. The van der Waals surface area contributed by atoms with Crippen molar-refractivity contribution in [1.29, 1.82) is 0 Å². The van der Waals surface area contributed by atoms with Crippen molar-refractivity contribution in [2.24, 2.45) is 10.9 Å². The molecule has 0 atom stereocenters. The maximum absolute atomic E-state index is 12.8. The maximum Gasteiger partial charge on any atom is 0.490 e. The molecule has 2 aliphatic heterocycles. The summed E-state index contributed by atoms with van der Waals surface area (Å²) in [5.41, 5.74) is 3.69. The molecule has 3 aromatic rings. The zero-order valence-corrected chi connectivity index (χ0v) is 28.0. The standard InChI is InChI=1S/C30H30ClN5O5S.C2HF3O2/c1-4-41-29(39)21-16-32-23-8-5-18(13-20(23)26(21)36-9-11-40-12-10-36)14-25-28(38)35-30(42-25)34-24-15-19(6-7-22(24)31)33-27(37)17(2)3;3-2(4,5)1(6)7/h5-8,13-17H,4,9-12H2,1-3H3,(H,33,37)(H,34,35,38);(H,6,7)/b25-14-;. The number of aliphatic imine (C=N–C) groups is 1. The molecule has 2 aliphatic rings. The predicted octanol–water partition coefficient (Wildman–Crippen LogP) is 6.21. The van der Waals surface area contributed by atoms with Crippen molar-refractivity contribution in [1.82, 2.24) is 4.98 Å². The average Bonchev–Trinajstić information content (AvgIpc) is 3.39. The Morgan fingerprint density at radius 1 is 1.16 bits per heavy atom. The van der Waals surface area contributed by atoms with Crippen molar-refractivity contribution >= 4 is 86.3 Å². The molecule has 0 bridgehead atoms. The molecule has 1 saturated heterocycles. The lowest BCUT2D eigenvalue weighted by Crippen LogP contribution is -2.37. The second-order valence-electron chi connectivity index (χ2n) is 10.7. The number of hydrogen-bond acceptors (Lipinski definition) is 10. The highest BCUT2D eigenvalue weighted by atomic mass is 35.5. The number of carbonyl (C=O) groups excluding carboxylic acids is 3. The number of pyridine rings is 1. The molecule has 49 heavy (non-hydrogen) atoms. The van der Waals surface area contributed by atoms with E-state index in [9.17, 15) is 27.6 Å². The third-order valence-corrected chi connectivity index (χ3v) is 8.08. The number of morpholine rings is 1. The molecule has 1 fully saturated rings. The summed E-state index contributed by atoms with van der Waals surface area (Å²) in [5.74, 6) is -3.88. The summed E-state index contributed by atoms with van der Waals surface area (Å²) in [6.07, 6.45) is -1.77. The van der Waals surface area contributed by atoms with Gasteiger partial charge in [0.15, 0.2) is 5.17 Å². The second kappa shape index (κ2) is 16.2. The number of amidine groups is 1. The SMILES string of the molecule is CCOC(=O)c1cnc2ccc(/C=C3\SC(Nc4cc(NC(=O)C(C)C)ccc4Cl)=NC3=O)cc2c1N1CCOCC1.O=C(O)C(F)(F)F. The number of carboxylic acids is 1. The molecule has 5 rings (SSSR count). The number of halogens is 4. The number of amides is 2. The van der Waals surface area contributed by atoms with Crippen LogP contribution in [-0.2, 0) is 23.9 Å². The molecular weight excluding hydrogens is 691 g/mol. The first kappa shape index (κ1) is 37.2. The largest absolute Gasteiger partial charge is 0.490 e. The van der Waals surface area contributed by atoms with Gasteiger partial charge in [-0.25, -0.2) is 9.59 Å². The molecule has 12 nitrogen and oxygen atoms in total. The summed E-state index contributed by atoms with van der Waals surface area (Å²) in [4.78, 5) is 57.9. The number of ether oxygens (including phenoxy) is 2. The first-order chi connectivity index (χ1) is 23.2. The number of nitrogens with zero attached hydrogens (tertiary/aromatic N) is 3. The minimum atomic E-state index is -5.08. The van der Waals surface area contributed by atoms with E-state index in [1.54, 1.807) is 37.4 Å². The molecule has 0 unspecified atom stereocenters. The summed E-state index contributed by atoms with van der Waals surface area (Å²) in [6, 6.07) is 10.7. The van der Waals surface area contributed by atoms with Gasteiger partial charge in [-0.15, -0.1) is 0 Å². The molecule has 0 saturated carbocycles. The van der Waals surface area contributed by atoms with Crippen molar-refractivity contribution in [3.05, 3.63) is 63.6 Å². The zero-order valence-electron chi connectivity index (χ0n) is 26.4. The molecule has 3 heterocycles. The molecule has 0 spiro atoms. The smallest absolute Gasteiger partial charge is 0.475 e. The summed E-state index contributed by atoms with van der Waals surface area (Å²) in [7, 11) is 0. The topological polar surface area (TPSA) is 160 Å². The Bertz CT molecular complexity index is 1830. The number of aromatic nitrogens is 1. The van der Waals surface area contributed by atoms with E-state index in [1.807, 2.05) is 32.0 Å². The van der Waals surface area contributed by atoms with Crippen LogP contribution in [-0.4, -0.2) is 78.1 Å². The van der Waals surface area contributed by atoms with Gasteiger partial charge in [-0.2, -0.15) is 18.2 Å². The van der Waals surface area contributed by atoms with Crippen molar-refractivity contribution in [2.75, 3.05) is 48.4 Å². The first-order valence-electron chi connectivity index (χ1n) is 14.8. The van der Waals surface area contributed by atoms with E-state index >= 15 is 0 Å². The van der Waals surface area contributed by atoms with Gasteiger partial charge in [0.25, 0.3) is 5.91 Å². The Morgan fingerprint density at radius 3 is 2.49 bits per heavy atom. The number of anilines is 3. The Morgan fingerprint density at radius 2 is 1.86 bits per heavy atom. The van der Waals surface area contributed by atoms with Gasteiger partial charge in [-0.1, -0.05) is 31.5 Å². The van der Waals surface area contributed by atoms with Crippen LogP contribution in [0, 0.1) is 5.92 Å². The van der Waals surface area contributed by atoms with Crippen LogP contribution in [0.1, 0.15) is 36.7 Å². The number of carboxylic acid groups (broad SMARTS) is 1. The number of esters is 1. The van der Waals surface area contributed by atoms with Gasteiger partial charge in [-0.05, 0) is 60.7 Å². The highest BCUT2D eigenvalue weighted by Crippen LogP contribution is 2.35. The zero-order chi connectivity index (χ0) is 35.9. The fraction of sp³-hybridized carbons (Fsp3) is 0.312. The van der Waals surface area contributed by atoms with Crippen LogP contribution >= 0.6 is 23.4 Å². The third kappa shape index (κ3) is 9.70. The van der Waals surface area contributed by atoms with E-state index in [1.165, 1.54) is 11.8 Å². The number of thioether (sulfide) groups is 1. The molecule has 2 aromatic carbocycles. The molecule has 260 valence electrons. The van der Waals surface area contributed by atoms with Crippen molar-refractivity contribution < 1.29 is 46.9 Å². The summed E-state index contributed by atoms with van der Waals surface area (Å²) < 4.78 is 42.6. The lowest BCUT2D eigenvalue weighted by atomic mass is 10.0. The molecule has 3 N–H and O–H groups in total. The van der Waals surface area contributed by atoms with E-state index in [0.717, 1.165) is 22.2 Å². The Balaban J connectivity index is 0.000000698. The summed E-state index contributed by atoms with van der Waals surface area (Å²) in [5, 5.41) is 14.6. The van der Waals surface area contributed by atoms with Gasteiger partial charge in [0.1, 0.15) is 5.56 Å². The number of hydrogen-bond donors (Lipinski definition) is 3. The predicted molar refractivity (Wildman–Crippen MR) is 181 cm³/mol. The highest BCUT2D eigenvalue weighted by Gasteiger charge is 2.38. The second-order valence-corrected chi connectivity index (χ2v) is 12.2. The quantitative estimate of drug-likeness (QED) is 0.188. The fourth-order valence-corrected chi connectivity index (χ4v) is 5.48. The Kier molecular flexibility index (Phi) is 12.2. The Labute approximate surface area is 287 Å². The van der Waals surface area contributed by atoms with Crippen LogP contribution in [0.4, 0.5) is 30.2 Å². The Hall–Kier alpha value is -4.67. The number of carbonyl (C=O) groups is 4. The van der Waals surface area contributed by atoms with Gasteiger partial charge in [0.05, 0.1) is 46.6 Å². The van der Waals surface area contributed by atoms with E-state index in [0.29, 0.717) is 58.3 Å². The van der Waals surface area contributed by atoms with Crippen molar-refractivity contribution in [3.63, 3.8) is 0 Å². The monoisotopic (exact) mass is 721 g/mol. The summed E-state index contributed by atoms with van der Waals surface area (Å²) in [6.45, 7) is 7.98. The van der Waals surface area contributed by atoms with Gasteiger partial charge in [-0.3, -0.25) is 14.6 Å². The maximum atomic E-state index is 12.8. The average molecular weight is 722 g/mol. The van der Waals surface area contributed by atoms with Crippen molar-refractivity contribution in [3.8, 4) is 0 Å². The van der Waals surface area contributed by atoms with E-state index < -0.39 is 24.0 Å². The number of nitrogens with one attached hydrogen (secondary N) is 2.